The van der Waals surface area contributed by atoms with Crippen molar-refractivity contribution in [2.75, 3.05) is 45.2 Å². The lowest BCUT2D eigenvalue weighted by molar-refractivity contribution is -0.122. The molecule has 0 aliphatic carbocycles. The number of methoxy groups -OCH3 is 1. The van der Waals surface area contributed by atoms with Crippen molar-refractivity contribution in [1.82, 2.24) is 10.2 Å². The van der Waals surface area contributed by atoms with Gasteiger partial charge in [-0.05, 0) is 70.4 Å². The van der Waals surface area contributed by atoms with Gasteiger partial charge in [-0.2, -0.15) is 0 Å². The molecular formula is C19H30ClN3O2. The van der Waals surface area contributed by atoms with Gasteiger partial charge < -0.3 is 15.0 Å². The lowest BCUT2D eigenvalue weighted by Crippen LogP contribution is -2.46. The second-order valence-corrected chi connectivity index (χ2v) is 6.84. The van der Waals surface area contributed by atoms with Gasteiger partial charge in [0, 0.05) is 6.54 Å². The number of carbonyl (C=O) groups is 1. The van der Waals surface area contributed by atoms with E-state index >= 15 is 0 Å². The molecule has 0 radical (unpaired) electrons. The number of amides is 1. The Morgan fingerprint density at radius 2 is 1.88 bits per heavy atom. The molecule has 0 bridgehead atoms. The highest BCUT2D eigenvalue weighted by molar-refractivity contribution is 6.00. The van der Waals surface area contributed by atoms with Gasteiger partial charge in [-0.25, -0.2) is 0 Å². The summed E-state index contributed by atoms with van der Waals surface area (Å²) >= 11 is 0. The van der Waals surface area contributed by atoms with Crippen molar-refractivity contribution < 1.29 is 9.53 Å². The second kappa shape index (κ2) is 9.41. The molecule has 5 nitrogen and oxygen atoms in total. The van der Waals surface area contributed by atoms with Crippen LogP contribution in [-0.4, -0.2) is 57.2 Å². The SMILES string of the molecule is CNCCC1CCN(C2CCN(c3ccccc3OC)C2=O)CC1.Cl. The molecule has 0 saturated carbocycles. The Morgan fingerprint density at radius 1 is 1.16 bits per heavy atom. The summed E-state index contributed by atoms with van der Waals surface area (Å²) in [6, 6.07) is 7.84. The molecule has 0 spiro atoms. The maximum absolute atomic E-state index is 12.9. The van der Waals surface area contributed by atoms with Gasteiger partial charge in [0.25, 0.3) is 0 Å². The van der Waals surface area contributed by atoms with Gasteiger partial charge in [0.2, 0.25) is 5.91 Å². The maximum Gasteiger partial charge on any atom is 0.244 e. The topological polar surface area (TPSA) is 44.8 Å². The molecule has 2 heterocycles. The van der Waals surface area contributed by atoms with E-state index in [1.807, 2.05) is 36.2 Å². The van der Waals surface area contributed by atoms with Crippen molar-refractivity contribution in [1.29, 1.82) is 0 Å². The van der Waals surface area contributed by atoms with Crippen LogP contribution in [0.4, 0.5) is 5.69 Å². The summed E-state index contributed by atoms with van der Waals surface area (Å²) in [5.41, 5.74) is 0.899. The fourth-order valence-corrected chi connectivity index (χ4v) is 4.00. The smallest absolute Gasteiger partial charge is 0.244 e. The number of ether oxygens (including phenoxy) is 1. The standard InChI is InChI=1S/C19H29N3O2.ClH/c1-20-11-7-15-8-12-21(13-9-15)17-10-14-22(19(17)23)16-5-3-4-6-18(16)24-2;/h3-6,15,17,20H,7-14H2,1-2H3;1H. The molecule has 1 aromatic carbocycles. The van der Waals surface area contributed by atoms with Gasteiger partial charge in [-0.1, -0.05) is 12.1 Å². The first-order valence-electron chi connectivity index (χ1n) is 9.07. The van der Waals surface area contributed by atoms with Crippen LogP contribution in [0.2, 0.25) is 0 Å². The van der Waals surface area contributed by atoms with Crippen LogP contribution in [0.5, 0.6) is 5.75 Å². The van der Waals surface area contributed by atoms with Crippen LogP contribution in [0, 0.1) is 5.92 Å². The van der Waals surface area contributed by atoms with Crippen LogP contribution < -0.4 is 15.0 Å². The minimum absolute atomic E-state index is 0. The average molecular weight is 368 g/mol. The van der Waals surface area contributed by atoms with Gasteiger partial charge in [0.1, 0.15) is 5.75 Å². The molecule has 6 heteroatoms. The highest BCUT2D eigenvalue weighted by atomic mass is 35.5. The highest BCUT2D eigenvalue weighted by Crippen LogP contribution is 2.33. The normalized spacial score (nSPS) is 22.1. The number of benzene rings is 1. The number of anilines is 1. The first kappa shape index (κ1) is 20.0. The molecule has 2 aliphatic heterocycles. The molecule has 1 N–H and O–H groups in total. The Balaban J connectivity index is 0.00000225. The van der Waals surface area contributed by atoms with Gasteiger partial charge in [-0.3, -0.25) is 9.69 Å². The molecule has 25 heavy (non-hydrogen) atoms. The minimum Gasteiger partial charge on any atom is -0.495 e. The minimum atomic E-state index is 0. The van der Waals surface area contributed by atoms with E-state index in [0.717, 1.165) is 50.0 Å². The zero-order chi connectivity index (χ0) is 16.9. The summed E-state index contributed by atoms with van der Waals surface area (Å²) in [5, 5.41) is 3.24. The van der Waals surface area contributed by atoms with Crippen LogP contribution in [0.1, 0.15) is 25.7 Å². The fourth-order valence-electron chi connectivity index (χ4n) is 4.00. The van der Waals surface area contributed by atoms with Crippen molar-refractivity contribution in [2.45, 2.75) is 31.7 Å². The third-order valence-corrected chi connectivity index (χ3v) is 5.45. The van der Waals surface area contributed by atoms with Gasteiger partial charge in [0.15, 0.2) is 0 Å². The van der Waals surface area contributed by atoms with Crippen LogP contribution in [0.3, 0.4) is 0 Å². The lowest BCUT2D eigenvalue weighted by Gasteiger charge is -2.35. The third-order valence-electron chi connectivity index (χ3n) is 5.45. The molecule has 2 fully saturated rings. The van der Waals surface area contributed by atoms with Crippen molar-refractivity contribution in [3.63, 3.8) is 0 Å². The van der Waals surface area contributed by atoms with E-state index in [4.69, 9.17) is 4.74 Å². The first-order valence-corrected chi connectivity index (χ1v) is 9.07. The lowest BCUT2D eigenvalue weighted by atomic mass is 9.92. The average Bonchev–Trinajstić information content (AvgIpc) is 3.01. The molecule has 2 saturated heterocycles. The summed E-state index contributed by atoms with van der Waals surface area (Å²) < 4.78 is 5.42. The number of nitrogens with one attached hydrogen (secondary N) is 1. The summed E-state index contributed by atoms with van der Waals surface area (Å²) in [6.07, 6.45) is 4.58. The number of piperidine rings is 1. The molecular weight excluding hydrogens is 338 g/mol. The molecule has 1 aromatic rings. The molecule has 140 valence electrons. The van der Waals surface area contributed by atoms with Crippen molar-refractivity contribution in [3.8, 4) is 5.75 Å². The van der Waals surface area contributed by atoms with Crippen molar-refractivity contribution in [3.05, 3.63) is 24.3 Å². The summed E-state index contributed by atoms with van der Waals surface area (Å²) in [5.74, 6) is 1.81. The quantitative estimate of drug-likeness (QED) is 0.839. The molecule has 0 aromatic heterocycles. The molecule has 2 aliphatic rings. The highest BCUT2D eigenvalue weighted by Gasteiger charge is 2.38. The van der Waals surface area contributed by atoms with E-state index < -0.39 is 0 Å². The van der Waals surface area contributed by atoms with E-state index in [1.165, 1.54) is 19.3 Å². The zero-order valence-corrected chi connectivity index (χ0v) is 16.1. The van der Waals surface area contributed by atoms with Gasteiger partial charge >= 0.3 is 0 Å². The Labute approximate surface area is 157 Å². The summed E-state index contributed by atoms with van der Waals surface area (Å²) in [4.78, 5) is 17.2. The van der Waals surface area contributed by atoms with Crippen molar-refractivity contribution >= 4 is 24.0 Å². The van der Waals surface area contributed by atoms with Gasteiger partial charge in [0.05, 0.1) is 18.8 Å². The second-order valence-electron chi connectivity index (χ2n) is 6.84. The number of rotatable bonds is 6. The fraction of sp³-hybridized carbons (Fsp3) is 0.632. The number of para-hydroxylation sites is 2. The van der Waals surface area contributed by atoms with Gasteiger partial charge in [-0.15, -0.1) is 12.4 Å². The number of hydrogen-bond acceptors (Lipinski definition) is 4. The third kappa shape index (κ3) is 4.46. The molecule has 3 rings (SSSR count). The van der Waals surface area contributed by atoms with Crippen molar-refractivity contribution in [2.24, 2.45) is 5.92 Å². The van der Waals surface area contributed by atoms with Crippen LogP contribution in [0.25, 0.3) is 0 Å². The predicted octanol–water partition coefficient (Wildman–Crippen LogP) is 2.54. The summed E-state index contributed by atoms with van der Waals surface area (Å²) in [6.45, 7) is 3.97. The van der Waals surface area contributed by atoms with E-state index in [1.54, 1.807) is 7.11 Å². The van der Waals surface area contributed by atoms with E-state index in [9.17, 15) is 4.79 Å². The monoisotopic (exact) mass is 367 g/mol. The predicted molar refractivity (Wildman–Crippen MR) is 104 cm³/mol. The first-order chi connectivity index (χ1) is 11.7. The Hall–Kier alpha value is -1.30. The molecule has 1 amide bonds. The molecule has 1 atom stereocenters. The van der Waals surface area contributed by atoms with Crippen LogP contribution in [-0.2, 0) is 4.79 Å². The number of halogens is 1. The van der Waals surface area contributed by atoms with E-state index in [0.29, 0.717) is 0 Å². The van der Waals surface area contributed by atoms with Crippen LogP contribution >= 0.6 is 12.4 Å². The number of carbonyl (C=O) groups excluding carboxylic acids is 1. The Kier molecular flexibility index (Phi) is 7.54. The zero-order valence-electron chi connectivity index (χ0n) is 15.2. The molecule has 1 unspecified atom stereocenters. The summed E-state index contributed by atoms with van der Waals surface area (Å²) in [7, 11) is 3.67. The van der Waals surface area contributed by atoms with E-state index in [-0.39, 0.29) is 24.4 Å². The maximum atomic E-state index is 12.9. The van der Waals surface area contributed by atoms with E-state index in [2.05, 4.69) is 10.2 Å². The largest absolute Gasteiger partial charge is 0.495 e. The Morgan fingerprint density at radius 3 is 2.56 bits per heavy atom. The number of likely N-dealkylation sites (tertiary alicyclic amines) is 1. The number of nitrogens with zero attached hydrogens (tertiary/aromatic N) is 2. The Bertz CT molecular complexity index is 561. The number of hydrogen-bond donors (Lipinski definition) is 1. The van der Waals surface area contributed by atoms with Crippen LogP contribution in [0.15, 0.2) is 24.3 Å².